The molecule has 0 aromatic rings. The van der Waals surface area contributed by atoms with Crippen molar-refractivity contribution in [2.75, 3.05) is 14.1 Å². The van der Waals surface area contributed by atoms with E-state index < -0.39 is 0 Å². The number of carbonyl (C=O) groups is 1. The first-order chi connectivity index (χ1) is 3.31. The summed E-state index contributed by atoms with van der Waals surface area (Å²) in [6.07, 6.45) is 1.22. The van der Waals surface area contributed by atoms with Crippen molar-refractivity contribution >= 4 is 12.1 Å². The molecule has 0 aliphatic carbocycles. The van der Waals surface area contributed by atoms with Gasteiger partial charge in [0.2, 0.25) is 0 Å². The van der Waals surface area contributed by atoms with Crippen molar-refractivity contribution in [3.05, 3.63) is 0 Å². The van der Waals surface area contributed by atoms with Crippen molar-refractivity contribution < 1.29 is 4.79 Å². The van der Waals surface area contributed by atoms with Gasteiger partial charge in [-0.2, -0.15) is 0 Å². The van der Waals surface area contributed by atoms with E-state index in [0.29, 0.717) is 0 Å². The lowest BCUT2D eigenvalue weighted by Crippen LogP contribution is -2.18. The van der Waals surface area contributed by atoms with Crippen molar-refractivity contribution in [1.29, 1.82) is 0 Å². The Hall–Kier alpha value is -0.860. The maximum absolute atomic E-state index is 10.2. The molecule has 0 aliphatic heterocycles. The van der Waals surface area contributed by atoms with Gasteiger partial charge >= 0.3 is 0 Å². The van der Waals surface area contributed by atoms with E-state index in [1.807, 2.05) is 0 Å². The number of aliphatic imine (C=N–C) groups is 1. The van der Waals surface area contributed by atoms with Crippen LogP contribution in [0.1, 0.15) is 0 Å². The fraction of sp³-hybridized carbons (Fsp3) is 0.500. The minimum Gasteiger partial charge on any atom is -0.354 e. The van der Waals surface area contributed by atoms with Gasteiger partial charge in [0.25, 0.3) is 5.91 Å². The lowest BCUT2D eigenvalue weighted by Gasteiger charge is -1.83. The van der Waals surface area contributed by atoms with E-state index >= 15 is 0 Å². The van der Waals surface area contributed by atoms with Crippen LogP contribution in [-0.2, 0) is 4.79 Å². The monoisotopic (exact) mass is 100 g/mol. The lowest BCUT2D eigenvalue weighted by atomic mass is 10.7. The number of hydrogen-bond donors (Lipinski definition) is 1. The Morgan fingerprint density at radius 2 is 2.43 bits per heavy atom. The number of hydrogen-bond acceptors (Lipinski definition) is 2. The normalized spacial score (nSPS) is 9.43. The molecule has 1 amide bonds. The predicted octanol–water partition coefficient (Wildman–Crippen LogP) is -0.567. The Bertz CT molecular complexity index is 87.7. The highest BCUT2D eigenvalue weighted by Gasteiger charge is 1.82. The molecule has 0 unspecified atom stereocenters. The third-order valence-corrected chi connectivity index (χ3v) is 0.493. The van der Waals surface area contributed by atoms with Crippen LogP contribution in [0.15, 0.2) is 4.99 Å². The lowest BCUT2D eigenvalue weighted by molar-refractivity contribution is -0.113. The van der Waals surface area contributed by atoms with Crippen LogP contribution in [-0.4, -0.2) is 26.2 Å². The summed E-state index contributed by atoms with van der Waals surface area (Å²) < 4.78 is 0. The van der Waals surface area contributed by atoms with E-state index in [-0.39, 0.29) is 5.91 Å². The zero-order chi connectivity index (χ0) is 5.70. The van der Waals surface area contributed by atoms with Crippen molar-refractivity contribution in [1.82, 2.24) is 5.32 Å². The summed E-state index contributed by atoms with van der Waals surface area (Å²) in [5, 5.41) is 2.38. The van der Waals surface area contributed by atoms with Gasteiger partial charge in [-0.15, -0.1) is 0 Å². The Balaban J connectivity index is 3.37. The van der Waals surface area contributed by atoms with Crippen molar-refractivity contribution in [3.8, 4) is 0 Å². The van der Waals surface area contributed by atoms with Crippen molar-refractivity contribution in [3.63, 3.8) is 0 Å². The summed E-state index contributed by atoms with van der Waals surface area (Å²) in [5.74, 6) is -0.164. The van der Waals surface area contributed by atoms with E-state index in [4.69, 9.17) is 0 Å². The van der Waals surface area contributed by atoms with E-state index in [9.17, 15) is 4.79 Å². The summed E-state index contributed by atoms with van der Waals surface area (Å²) in [5.41, 5.74) is 0. The van der Waals surface area contributed by atoms with Gasteiger partial charge in [0.05, 0.1) is 6.21 Å². The van der Waals surface area contributed by atoms with Gasteiger partial charge in [-0.05, 0) is 0 Å². The molecule has 0 bridgehead atoms. The summed E-state index contributed by atoms with van der Waals surface area (Å²) >= 11 is 0. The molecule has 0 fully saturated rings. The molecule has 0 heterocycles. The minimum atomic E-state index is -0.164. The topological polar surface area (TPSA) is 41.5 Å². The zero-order valence-electron chi connectivity index (χ0n) is 4.43. The fourth-order valence-electron chi connectivity index (χ4n) is 0.182. The van der Waals surface area contributed by atoms with E-state index in [1.165, 1.54) is 6.21 Å². The quantitative estimate of drug-likeness (QED) is 0.440. The highest BCUT2D eigenvalue weighted by Crippen LogP contribution is 1.52. The van der Waals surface area contributed by atoms with Gasteiger partial charge in [-0.25, -0.2) is 0 Å². The van der Waals surface area contributed by atoms with Crippen LogP contribution in [0.3, 0.4) is 0 Å². The Kier molecular flexibility index (Phi) is 2.92. The molecule has 0 aromatic heterocycles. The predicted molar refractivity (Wildman–Crippen MR) is 28.5 cm³/mol. The molecule has 0 aliphatic rings. The van der Waals surface area contributed by atoms with Gasteiger partial charge in [0.15, 0.2) is 0 Å². The minimum absolute atomic E-state index is 0.164. The first kappa shape index (κ1) is 6.14. The molecular weight excluding hydrogens is 92.1 g/mol. The third kappa shape index (κ3) is 2.96. The van der Waals surface area contributed by atoms with Gasteiger partial charge in [0.1, 0.15) is 0 Å². The molecule has 7 heavy (non-hydrogen) atoms. The second-order valence-corrected chi connectivity index (χ2v) is 1.00. The maximum atomic E-state index is 10.2. The highest BCUT2D eigenvalue weighted by atomic mass is 16.1. The number of amides is 1. The summed E-state index contributed by atoms with van der Waals surface area (Å²) in [6, 6.07) is 0. The molecule has 3 heteroatoms. The third-order valence-electron chi connectivity index (χ3n) is 0.493. The molecular formula is C4H8N2O. The van der Waals surface area contributed by atoms with Crippen LogP contribution < -0.4 is 5.32 Å². The van der Waals surface area contributed by atoms with Crippen LogP contribution in [0.5, 0.6) is 0 Å². The second-order valence-electron chi connectivity index (χ2n) is 1.00. The molecule has 40 valence electrons. The Labute approximate surface area is 42.4 Å². The summed E-state index contributed by atoms with van der Waals surface area (Å²) in [7, 11) is 3.11. The molecule has 0 rings (SSSR count). The summed E-state index contributed by atoms with van der Waals surface area (Å²) in [6.45, 7) is 0. The van der Waals surface area contributed by atoms with Gasteiger partial charge < -0.3 is 5.32 Å². The van der Waals surface area contributed by atoms with Crippen LogP contribution in [0, 0.1) is 0 Å². The Morgan fingerprint density at radius 1 is 1.86 bits per heavy atom. The van der Waals surface area contributed by atoms with E-state index in [0.717, 1.165) is 0 Å². The molecule has 0 saturated carbocycles. The highest BCUT2D eigenvalue weighted by molar-refractivity contribution is 6.26. The number of carbonyl (C=O) groups excluding carboxylic acids is 1. The van der Waals surface area contributed by atoms with Crippen molar-refractivity contribution in [2.45, 2.75) is 0 Å². The number of rotatable bonds is 1. The first-order valence-electron chi connectivity index (χ1n) is 1.95. The van der Waals surface area contributed by atoms with Crippen molar-refractivity contribution in [2.24, 2.45) is 4.99 Å². The average molecular weight is 100 g/mol. The van der Waals surface area contributed by atoms with Gasteiger partial charge in [-0.3, -0.25) is 9.79 Å². The molecule has 0 saturated heterocycles. The van der Waals surface area contributed by atoms with Crippen LogP contribution in [0.25, 0.3) is 0 Å². The fourth-order valence-corrected chi connectivity index (χ4v) is 0.182. The van der Waals surface area contributed by atoms with E-state index in [2.05, 4.69) is 10.3 Å². The standard InChI is InChI=1S/C4H8N2O/c1-5-3-4(7)6-2/h3H,1-2H3,(H,6,7). The smallest absolute Gasteiger partial charge is 0.261 e. The second kappa shape index (κ2) is 3.33. The largest absolute Gasteiger partial charge is 0.354 e. The molecule has 1 N–H and O–H groups in total. The molecule has 0 spiro atoms. The average Bonchev–Trinajstić information content (AvgIpc) is 1.68. The summed E-state index contributed by atoms with van der Waals surface area (Å²) in [4.78, 5) is 13.6. The zero-order valence-corrected chi connectivity index (χ0v) is 4.43. The number of nitrogens with zero attached hydrogens (tertiary/aromatic N) is 1. The SMILES string of the molecule is CN=CC(=O)NC. The van der Waals surface area contributed by atoms with Gasteiger partial charge in [-0.1, -0.05) is 0 Å². The van der Waals surface area contributed by atoms with Crippen LogP contribution in [0.4, 0.5) is 0 Å². The molecule has 3 nitrogen and oxygen atoms in total. The van der Waals surface area contributed by atoms with Crippen LogP contribution >= 0.6 is 0 Å². The Morgan fingerprint density at radius 3 is 2.57 bits per heavy atom. The molecule has 0 atom stereocenters. The van der Waals surface area contributed by atoms with Gasteiger partial charge in [0, 0.05) is 14.1 Å². The molecule has 0 radical (unpaired) electrons. The van der Waals surface area contributed by atoms with E-state index in [1.54, 1.807) is 14.1 Å². The number of nitrogens with one attached hydrogen (secondary N) is 1. The van der Waals surface area contributed by atoms with Crippen LogP contribution in [0.2, 0.25) is 0 Å². The first-order valence-corrected chi connectivity index (χ1v) is 1.95. The maximum Gasteiger partial charge on any atom is 0.261 e. The molecule has 0 aromatic carbocycles.